The summed E-state index contributed by atoms with van der Waals surface area (Å²) in [6.45, 7) is 7.11. The number of nitrogens with zero attached hydrogens (tertiary/aromatic N) is 1. The molecule has 2 aromatic rings. The largest absolute Gasteiger partial charge is 0.457 e. The van der Waals surface area contributed by atoms with Crippen molar-refractivity contribution in [2.75, 3.05) is 13.7 Å². The van der Waals surface area contributed by atoms with Crippen molar-refractivity contribution in [2.45, 2.75) is 71.9 Å². The van der Waals surface area contributed by atoms with E-state index >= 15 is 0 Å². The molecule has 1 aliphatic heterocycles. The van der Waals surface area contributed by atoms with Crippen LogP contribution in [-0.4, -0.2) is 42.3 Å². The summed E-state index contributed by atoms with van der Waals surface area (Å²) in [4.78, 5) is 46.7. The van der Waals surface area contributed by atoms with E-state index in [0.29, 0.717) is 38.1 Å². The predicted octanol–water partition coefficient (Wildman–Crippen LogP) is 5.23. The van der Waals surface area contributed by atoms with E-state index in [2.05, 4.69) is 10.8 Å². The van der Waals surface area contributed by atoms with Crippen LogP contribution in [0.5, 0.6) is 11.5 Å². The minimum absolute atomic E-state index is 0.0908. The molecule has 0 aliphatic carbocycles. The van der Waals surface area contributed by atoms with Gasteiger partial charge in [-0.15, -0.1) is 0 Å². The molecule has 3 amide bonds. The van der Waals surface area contributed by atoms with Gasteiger partial charge in [-0.25, -0.2) is 5.48 Å². The maximum Gasteiger partial charge on any atom is 0.247 e. The molecule has 8 nitrogen and oxygen atoms in total. The topological polar surface area (TPSA) is 97.0 Å². The smallest absolute Gasteiger partial charge is 0.247 e. The Balaban J connectivity index is 1.72. The number of carbonyl (C=O) groups excluding carboxylic acids is 3. The highest BCUT2D eigenvalue weighted by molar-refractivity contribution is 5.91. The zero-order valence-corrected chi connectivity index (χ0v) is 23.7. The van der Waals surface area contributed by atoms with Crippen LogP contribution >= 0.6 is 0 Å². The first-order valence-corrected chi connectivity index (χ1v) is 14.1. The fourth-order valence-corrected chi connectivity index (χ4v) is 5.19. The van der Waals surface area contributed by atoms with Crippen LogP contribution < -0.4 is 15.5 Å². The van der Waals surface area contributed by atoms with Gasteiger partial charge in [0.25, 0.3) is 0 Å². The highest BCUT2D eigenvalue weighted by Crippen LogP contribution is 2.27. The minimum Gasteiger partial charge on any atom is -0.457 e. The van der Waals surface area contributed by atoms with Gasteiger partial charge in [0.2, 0.25) is 17.7 Å². The third-order valence-corrected chi connectivity index (χ3v) is 7.03. The minimum atomic E-state index is -0.619. The Morgan fingerprint density at radius 3 is 2.44 bits per heavy atom. The number of para-hydroxylation sites is 1. The van der Waals surface area contributed by atoms with Crippen LogP contribution in [0.3, 0.4) is 0 Å². The first kappa shape index (κ1) is 30.2. The summed E-state index contributed by atoms with van der Waals surface area (Å²) in [6, 6.07) is 16.7. The van der Waals surface area contributed by atoms with E-state index in [0.717, 1.165) is 30.6 Å². The molecule has 3 rings (SSSR count). The normalized spacial score (nSPS) is 17.3. The molecule has 212 valence electrons. The van der Waals surface area contributed by atoms with Crippen LogP contribution in [-0.2, 0) is 25.8 Å². The molecule has 3 atom stereocenters. The zero-order chi connectivity index (χ0) is 28.2. The summed E-state index contributed by atoms with van der Waals surface area (Å²) in [5.41, 5.74) is 3.37. The third-order valence-electron chi connectivity index (χ3n) is 7.03. The summed E-state index contributed by atoms with van der Waals surface area (Å²) in [5, 5.41) is 3.03. The van der Waals surface area contributed by atoms with Gasteiger partial charge >= 0.3 is 0 Å². The van der Waals surface area contributed by atoms with Crippen LogP contribution in [0.25, 0.3) is 0 Å². The number of hydrogen-bond donors (Lipinski definition) is 2. The van der Waals surface area contributed by atoms with Crippen molar-refractivity contribution in [2.24, 2.45) is 17.8 Å². The van der Waals surface area contributed by atoms with Crippen molar-refractivity contribution >= 4 is 17.7 Å². The summed E-state index contributed by atoms with van der Waals surface area (Å²) in [5.74, 6) is -0.0379. The lowest BCUT2D eigenvalue weighted by Crippen LogP contribution is -2.51. The van der Waals surface area contributed by atoms with Gasteiger partial charge in [0, 0.05) is 19.0 Å². The number of ether oxygens (including phenoxy) is 1. The first-order valence-electron chi connectivity index (χ1n) is 14.1. The van der Waals surface area contributed by atoms with E-state index in [4.69, 9.17) is 9.57 Å². The highest BCUT2D eigenvalue weighted by atomic mass is 16.6. The van der Waals surface area contributed by atoms with Gasteiger partial charge in [0.05, 0.1) is 13.0 Å². The number of carbonyl (C=O) groups is 3. The Kier molecular flexibility index (Phi) is 11.8. The van der Waals surface area contributed by atoms with Crippen molar-refractivity contribution in [3.05, 3.63) is 60.2 Å². The molecule has 2 aromatic carbocycles. The second-order valence-corrected chi connectivity index (χ2v) is 10.7. The van der Waals surface area contributed by atoms with Gasteiger partial charge in [0.15, 0.2) is 0 Å². The fraction of sp³-hybridized carbons (Fsp3) is 0.516. The molecule has 1 saturated heterocycles. The standard InChI is InChI=1S/C31H43N3O5/c1-5-12-26(30(36)33-38-4)27(19-22(2)3)29(35)32-28-17-9-10-18-34(31(28)37)21-23-13-11-16-25(20-23)39-24-14-7-6-8-15-24/h6-8,11,13-16,20,22,26-28H,5,9-10,12,17-19,21H2,1-4H3,(H,32,35)(H,33,36)/t26-,27?,28-/m0/s1. The van der Waals surface area contributed by atoms with E-state index in [1.165, 1.54) is 7.11 Å². The van der Waals surface area contributed by atoms with Crippen molar-refractivity contribution in [1.29, 1.82) is 0 Å². The Bertz CT molecular complexity index is 1070. The second-order valence-electron chi connectivity index (χ2n) is 10.7. The van der Waals surface area contributed by atoms with Crippen molar-refractivity contribution < 1.29 is 24.0 Å². The SMILES string of the molecule is CCC[C@H](C(=O)NOC)C(CC(C)C)C(=O)N[C@H]1CCCCN(Cc2cccc(Oc3ccccc3)c2)C1=O. The van der Waals surface area contributed by atoms with Gasteiger partial charge in [-0.05, 0) is 67.9 Å². The van der Waals surface area contributed by atoms with Crippen LogP contribution in [0.2, 0.25) is 0 Å². The Hall–Kier alpha value is -3.39. The molecule has 0 bridgehead atoms. The van der Waals surface area contributed by atoms with Gasteiger partial charge in [-0.2, -0.15) is 0 Å². The molecule has 2 N–H and O–H groups in total. The summed E-state index contributed by atoms with van der Waals surface area (Å²) in [6.07, 6.45) is 4.14. The number of likely N-dealkylation sites (tertiary alicyclic amines) is 1. The molecule has 0 spiro atoms. The van der Waals surface area contributed by atoms with Crippen LogP contribution in [0.4, 0.5) is 0 Å². The molecule has 1 heterocycles. The van der Waals surface area contributed by atoms with E-state index in [-0.39, 0.29) is 23.6 Å². The number of benzene rings is 2. The molecule has 8 heteroatoms. The number of amides is 3. The lowest BCUT2D eigenvalue weighted by molar-refractivity contribution is -0.144. The van der Waals surface area contributed by atoms with Gasteiger partial charge in [-0.1, -0.05) is 57.5 Å². The van der Waals surface area contributed by atoms with Crippen LogP contribution in [0.15, 0.2) is 54.6 Å². The second kappa shape index (κ2) is 15.3. The molecular formula is C31H43N3O5. The molecule has 0 aromatic heterocycles. The first-order chi connectivity index (χ1) is 18.8. The van der Waals surface area contributed by atoms with Gasteiger partial charge in [-0.3, -0.25) is 19.2 Å². The van der Waals surface area contributed by atoms with Crippen molar-refractivity contribution in [3.63, 3.8) is 0 Å². The number of hydroxylamine groups is 1. The average Bonchev–Trinajstić information content (AvgIpc) is 3.08. The quantitative estimate of drug-likeness (QED) is 0.341. The van der Waals surface area contributed by atoms with Gasteiger partial charge < -0.3 is 15.0 Å². The summed E-state index contributed by atoms with van der Waals surface area (Å²) >= 11 is 0. The monoisotopic (exact) mass is 537 g/mol. The maximum atomic E-state index is 13.6. The average molecular weight is 538 g/mol. The molecule has 1 unspecified atom stereocenters. The lowest BCUT2D eigenvalue weighted by atomic mass is 9.81. The molecule has 0 radical (unpaired) electrons. The van der Waals surface area contributed by atoms with Gasteiger partial charge in [0.1, 0.15) is 17.5 Å². The number of rotatable bonds is 13. The third kappa shape index (κ3) is 9.10. The van der Waals surface area contributed by atoms with E-state index in [1.54, 1.807) is 0 Å². The lowest BCUT2D eigenvalue weighted by Gasteiger charge is -2.29. The Morgan fingerprint density at radius 2 is 1.74 bits per heavy atom. The highest BCUT2D eigenvalue weighted by Gasteiger charge is 2.36. The zero-order valence-electron chi connectivity index (χ0n) is 23.7. The predicted molar refractivity (Wildman–Crippen MR) is 151 cm³/mol. The van der Waals surface area contributed by atoms with Crippen molar-refractivity contribution in [1.82, 2.24) is 15.7 Å². The van der Waals surface area contributed by atoms with E-state index in [1.807, 2.05) is 80.3 Å². The number of hydrogen-bond acceptors (Lipinski definition) is 5. The fourth-order valence-electron chi connectivity index (χ4n) is 5.19. The molecule has 0 saturated carbocycles. The van der Waals surface area contributed by atoms with Crippen LogP contribution in [0.1, 0.15) is 64.9 Å². The van der Waals surface area contributed by atoms with E-state index in [9.17, 15) is 14.4 Å². The summed E-state index contributed by atoms with van der Waals surface area (Å²) in [7, 11) is 1.39. The Labute approximate surface area is 232 Å². The number of nitrogens with one attached hydrogen (secondary N) is 2. The van der Waals surface area contributed by atoms with Crippen LogP contribution in [0, 0.1) is 17.8 Å². The maximum absolute atomic E-state index is 13.6. The van der Waals surface area contributed by atoms with Crippen molar-refractivity contribution in [3.8, 4) is 11.5 Å². The molecule has 1 aliphatic rings. The molecular weight excluding hydrogens is 494 g/mol. The molecule has 39 heavy (non-hydrogen) atoms. The van der Waals surface area contributed by atoms with E-state index < -0.39 is 17.9 Å². The molecule has 1 fully saturated rings. The summed E-state index contributed by atoms with van der Waals surface area (Å²) < 4.78 is 5.97. The Morgan fingerprint density at radius 1 is 1.00 bits per heavy atom.